The van der Waals surface area contributed by atoms with Crippen LogP contribution in [0.5, 0.6) is 0 Å². The van der Waals surface area contributed by atoms with Crippen molar-refractivity contribution in [3.63, 3.8) is 0 Å². The topological polar surface area (TPSA) is 32.3 Å². The third kappa shape index (κ3) is 3.32. The molecule has 2 nitrogen and oxygen atoms in total. The van der Waals surface area contributed by atoms with E-state index in [-0.39, 0.29) is 6.61 Å². The number of hydrogen-bond acceptors (Lipinski definition) is 2. The molecule has 0 heterocycles. The smallest absolute Gasteiger partial charge is 0.0472 e. The van der Waals surface area contributed by atoms with Gasteiger partial charge < -0.3 is 10.4 Å². The highest BCUT2D eigenvalue weighted by atomic mass is 79.9. The van der Waals surface area contributed by atoms with Gasteiger partial charge in [0.05, 0.1) is 0 Å². The van der Waals surface area contributed by atoms with Gasteiger partial charge in [-0.25, -0.2) is 0 Å². The van der Waals surface area contributed by atoms with Crippen LogP contribution >= 0.6 is 15.9 Å². The first kappa shape index (κ1) is 12.1. The molecule has 0 aliphatic heterocycles. The highest BCUT2D eigenvalue weighted by Crippen LogP contribution is 2.24. The molecule has 88 valence electrons. The average Bonchev–Trinajstić information content (AvgIpc) is 2.34. The van der Waals surface area contributed by atoms with E-state index in [1.54, 1.807) is 0 Å². The Labute approximate surface area is 109 Å². The van der Waals surface area contributed by atoms with Crippen LogP contribution in [0, 0.1) is 0 Å². The SMILES string of the molecule is OCCc1cc(Br)ccc1Nc1ccccc1. The molecule has 0 saturated heterocycles. The van der Waals surface area contributed by atoms with Crippen molar-refractivity contribution in [3.05, 3.63) is 58.6 Å². The molecule has 2 N–H and O–H groups in total. The Kier molecular flexibility index (Phi) is 4.18. The first-order chi connectivity index (χ1) is 8.29. The molecule has 0 atom stereocenters. The molecule has 0 aliphatic carbocycles. The number of para-hydroxylation sites is 1. The van der Waals surface area contributed by atoms with E-state index in [4.69, 9.17) is 5.11 Å². The first-order valence-electron chi connectivity index (χ1n) is 5.51. The summed E-state index contributed by atoms with van der Waals surface area (Å²) in [5.74, 6) is 0. The van der Waals surface area contributed by atoms with Crippen molar-refractivity contribution in [3.8, 4) is 0 Å². The molecule has 0 spiro atoms. The van der Waals surface area contributed by atoms with E-state index in [0.29, 0.717) is 6.42 Å². The Morgan fingerprint density at radius 2 is 1.82 bits per heavy atom. The molecule has 0 aromatic heterocycles. The minimum atomic E-state index is 0.153. The van der Waals surface area contributed by atoms with E-state index in [9.17, 15) is 0 Å². The van der Waals surface area contributed by atoms with Gasteiger partial charge in [-0.05, 0) is 42.3 Å². The van der Waals surface area contributed by atoms with E-state index in [1.807, 2.05) is 48.5 Å². The van der Waals surface area contributed by atoms with Crippen molar-refractivity contribution in [1.82, 2.24) is 0 Å². The molecule has 0 unspecified atom stereocenters. The monoisotopic (exact) mass is 291 g/mol. The molecular formula is C14H14BrNO. The Hall–Kier alpha value is -1.32. The quantitative estimate of drug-likeness (QED) is 0.900. The zero-order valence-corrected chi connectivity index (χ0v) is 10.9. The third-order valence-electron chi connectivity index (χ3n) is 2.50. The number of benzene rings is 2. The van der Waals surface area contributed by atoms with E-state index in [2.05, 4.69) is 21.2 Å². The largest absolute Gasteiger partial charge is 0.396 e. The van der Waals surface area contributed by atoms with Gasteiger partial charge in [0.1, 0.15) is 0 Å². The first-order valence-corrected chi connectivity index (χ1v) is 6.30. The molecule has 2 rings (SSSR count). The van der Waals surface area contributed by atoms with Crippen LogP contribution in [-0.4, -0.2) is 11.7 Å². The Bertz CT molecular complexity index is 485. The summed E-state index contributed by atoms with van der Waals surface area (Å²) in [4.78, 5) is 0. The van der Waals surface area contributed by atoms with Gasteiger partial charge in [0, 0.05) is 22.5 Å². The van der Waals surface area contributed by atoms with Gasteiger partial charge in [-0.15, -0.1) is 0 Å². The van der Waals surface area contributed by atoms with Crippen molar-refractivity contribution >= 4 is 27.3 Å². The zero-order valence-electron chi connectivity index (χ0n) is 9.36. The third-order valence-corrected chi connectivity index (χ3v) is 2.99. The van der Waals surface area contributed by atoms with Crippen LogP contribution in [0.4, 0.5) is 11.4 Å². The fourth-order valence-corrected chi connectivity index (χ4v) is 2.10. The lowest BCUT2D eigenvalue weighted by molar-refractivity contribution is 0.300. The van der Waals surface area contributed by atoms with Crippen LogP contribution in [-0.2, 0) is 6.42 Å². The van der Waals surface area contributed by atoms with Gasteiger partial charge in [0.2, 0.25) is 0 Å². The molecule has 3 heteroatoms. The second kappa shape index (κ2) is 5.84. The van der Waals surface area contributed by atoms with Crippen LogP contribution in [0.25, 0.3) is 0 Å². The summed E-state index contributed by atoms with van der Waals surface area (Å²) in [5.41, 5.74) is 3.19. The summed E-state index contributed by atoms with van der Waals surface area (Å²) >= 11 is 3.44. The number of hydrogen-bond donors (Lipinski definition) is 2. The van der Waals surface area contributed by atoms with Crippen LogP contribution in [0.15, 0.2) is 53.0 Å². The van der Waals surface area contributed by atoms with Crippen molar-refractivity contribution < 1.29 is 5.11 Å². The van der Waals surface area contributed by atoms with Gasteiger partial charge >= 0.3 is 0 Å². The van der Waals surface area contributed by atoms with Crippen LogP contribution in [0.1, 0.15) is 5.56 Å². The number of rotatable bonds is 4. The number of nitrogens with one attached hydrogen (secondary N) is 1. The Balaban J connectivity index is 2.26. The number of halogens is 1. The van der Waals surface area contributed by atoms with Gasteiger partial charge in [0.25, 0.3) is 0 Å². The maximum atomic E-state index is 9.06. The molecule has 2 aromatic rings. The molecule has 0 aliphatic rings. The molecule has 2 aromatic carbocycles. The predicted octanol–water partition coefficient (Wildman–Crippen LogP) is 3.73. The van der Waals surface area contributed by atoms with Crippen LogP contribution < -0.4 is 5.32 Å². The van der Waals surface area contributed by atoms with Crippen molar-refractivity contribution in [2.75, 3.05) is 11.9 Å². The van der Waals surface area contributed by atoms with E-state index < -0.39 is 0 Å². The summed E-state index contributed by atoms with van der Waals surface area (Å²) in [6, 6.07) is 16.0. The normalized spacial score (nSPS) is 10.2. The predicted molar refractivity (Wildman–Crippen MR) is 74.7 cm³/mol. The zero-order chi connectivity index (χ0) is 12.1. The lowest BCUT2D eigenvalue weighted by atomic mass is 10.1. The summed E-state index contributed by atoms with van der Waals surface area (Å²) < 4.78 is 1.03. The van der Waals surface area contributed by atoms with E-state index >= 15 is 0 Å². The lowest BCUT2D eigenvalue weighted by Crippen LogP contribution is -1.98. The fraction of sp³-hybridized carbons (Fsp3) is 0.143. The van der Waals surface area contributed by atoms with E-state index in [0.717, 1.165) is 21.4 Å². The second-order valence-corrected chi connectivity index (χ2v) is 4.68. The molecule has 0 radical (unpaired) electrons. The van der Waals surface area contributed by atoms with Gasteiger partial charge in [-0.3, -0.25) is 0 Å². The molecule has 17 heavy (non-hydrogen) atoms. The molecule has 0 saturated carbocycles. The standard InChI is InChI=1S/C14H14BrNO/c15-12-6-7-14(11(10-12)8-9-17)16-13-4-2-1-3-5-13/h1-7,10,16-17H,8-9H2. The number of aliphatic hydroxyl groups excluding tert-OH is 1. The number of aliphatic hydroxyl groups is 1. The summed E-state index contributed by atoms with van der Waals surface area (Å²) in [6.45, 7) is 0.153. The Morgan fingerprint density at radius 3 is 2.53 bits per heavy atom. The molecular weight excluding hydrogens is 278 g/mol. The summed E-state index contributed by atoms with van der Waals surface area (Å²) in [6.07, 6.45) is 0.647. The molecule has 0 amide bonds. The average molecular weight is 292 g/mol. The maximum absolute atomic E-state index is 9.06. The van der Waals surface area contributed by atoms with Gasteiger partial charge in [0.15, 0.2) is 0 Å². The van der Waals surface area contributed by atoms with Crippen molar-refractivity contribution in [2.24, 2.45) is 0 Å². The highest BCUT2D eigenvalue weighted by molar-refractivity contribution is 9.10. The minimum Gasteiger partial charge on any atom is -0.396 e. The number of anilines is 2. The Morgan fingerprint density at radius 1 is 1.06 bits per heavy atom. The summed E-state index contributed by atoms with van der Waals surface area (Å²) in [7, 11) is 0. The van der Waals surface area contributed by atoms with E-state index in [1.165, 1.54) is 0 Å². The van der Waals surface area contributed by atoms with Gasteiger partial charge in [-0.2, -0.15) is 0 Å². The van der Waals surface area contributed by atoms with Crippen LogP contribution in [0.2, 0.25) is 0 Å². The lowest BCUT2D eigenvalue weighted by Gasteiger charge is -2.11. The van der Waals surface area contributed by atoms with Gasteiger partial charge in [-0.1, -0.05) is 34.1 Å². The molecule has 0 fully saturated rings. The van der Waals surface area contributed by atoms with Crippen LogP contribution in [0.3, 0.4) is 0 Å². The van der Waals surface area contributed by atoms with Crippen molar-refractivity contribution in [1.29, 1.82) is 0 Å². The molecule has 0 bridgehead atoms. The second-order valence-electron chi connectivity index (χ2n) is 3.77. The fourth-order valence-electron chi connectivity index (χ4n) is 1.69. The highest BCUT2D eigenvalue weighted by Gasteiger charge is 2.03. The van der Waals surface area contributed by atoms with Crippen molar-refractivity contribution in [2.45, 2.75) is 6.42 Å². The maximum Gasteiger partial charge on any atom is 0.0472 e. The minimum absolute atomic E-state index is 0.153. The summed E-state index contributed by atoms with van der Waals surface area (Å²) in [5, 5.41) is 12.4.